The van der Waals surface area contributed by atoms with Crippen molar-refractivity contribution in [1.29, 1.82) is 0 Å². The average Bonchev–Trinajstić information content (AvgIpc) is 2.89. The first-order valence-corrected chi connectivity index (χ1v) is 6.24. The van der Waals surface area contributed by atoms with Crippen LogP contribution in [0.2, 0.25) is 0 Å². The summed E-state index contributed by atoms with van der Waals surface area (Å²) in [6.07, 6.45) is 11.2. The Balaban J connectivity index is 1.75. The van der Waals surface area contributed by atoms with E-state index in [0.717, 1.165) is 31.6 Å². The van der Waals surface area contributed by atoms with Crippen molar-refractivity contribution in [2.45, 2.75) is 44.2 Å². The highest BCUT2D eigenvalue weighted by Gasteiger charge is 2.17. The minimum absolute atomic E-state index is 0.0881. The topological polar surface area (TPSA) is 73.1 Å². The Labute approximate surface area is 102 Å². The Kier molecular flexibility index (Phi) is 4.85. The van der Waals surface area contributed by atoms with E-state index < -0.39 is 0 Å². The van der Waals surface area contributed by atoms with E-state index in [4.69, 9.17) is 10.6 Å². The van der Waals surface area contributed by atoms with E-state index >= 15 is 0 Å². The predicted molar refractivity (Wildman–Crippen MR) is 64.9 cm³/mol. The maximum Gasteiger partial charge on any atom is 0.0769 e. The van der Waals surface area contributed by atoms with Crippen molar-refractivity contribution in [3.05, 3.63) is 24.3 Å². The lowest BCUT2D eigenvalue weighted by molar-refractivity contribution is 0.101. The number of aromatic nitrogens is 2. The Bertz CT molecular complexity index is 314. The van der Waals surface area contributed by atoms with Gasteiger partial charge in [-0.25, -0.2) is 0 Å². The van der Waals surface area contributed by atoms with Crippen LogP contribution < -0.4 is 11.3 Å². The first kappa shape index (κ1) is 12.4. The smallest absolute Gasteiger partial charge is 0.0769 e. The number of hydrogen-bond donors (Lipinski definition) is 2. The van der Waals surface area contributed by atoms with Crippen LogP contribution in [0.4, 0.5) is 0 Å². The molecule has 1 fully saturated rings. The molecule has 2 rings (SSSR count). The molecule has 0 spiro atoms. The standard InChI is InChI=1S/C12H20N4O/c13-16-11(12-9-14-6-7-15-12)5-1-3-10-4-2-8-17-10/h6-7,9-11,16H,1-5,8,13H2. The van der Waals surface area contributed by atoms with Gasteiger partial charge in [0.2, 0.25) is 0 Å². The van der Waals surface area contributed by atoms with Gasteiger partial charge in [0.05, 0.1) is 24.0 Å². The maximum absolute atomic E-state index is 5.59. The summed E-state index contributed by atoms with van der Waals surface area (Å²) >= 11 is 0. The Morgan fingerprint density at radius 1 is 1.53 bits per heavy atom. The molecule has 94 valence electrons. The highest BCUT2D eigenvalue weighted by Crippen LogP contribution is 2.21. The van der Waals surface area contributed by atoms with Gasteiger partial charge in [-0.15, -0.1) is 0 Å². The highest BCUT2D eigenvalue weighted by atomic mass is 16.5. The van der Waals surface area contributed by atoms with Crippen molar-refractivity contribution in [1.82, 2.24) is 15.4 Å². The van der Waals surface area contributed by atoms with Crippen molar-refractivity contribution in [2.24, 2.45) is 5.84 Å². The molecule has 0 aromatic carbocycles. The second-order valence-electron chi connectivity index (χ2n) is 4.42. The molecule has 5 heteroatoms. The van der Waals surface area contributed by atoms with Crippen LogP contribution in [0.5, 0.6) is 0 Å². The highest BCUT2D eigenvalue weighted by molar-refractivity contribution is 5.01. The van der Waals surface area contributed by atoms with E-state index in [1.807, 2.05) is 0 Å². The summed E-state index contributed by atoms with van der Waals surface area (Å²) in [7, 11) is 0. The molecule has 1 aliphatic heterocycles. The monoisotopic (exact) mass is 236 g/mol. The molecule has 5 nitrogen and oxygen atoms in total. The van der Waals surface area contributed by atoms with E-state index in [-0.39, 0.29) is 6.04 Å². The summed E-state index contributed by atoms with van der Waals surface area (Å²) < 4.78 is 5.59. The lowest BCUT2D eigenvalue weighted by Crippen LogP contribution is -2.29. The molecule has 2 atom stereocenters. The summed E-state index contributed by atoms with van der Waals surface area (Å²) in [4.78, 5) is 8.32. The summed E-state index contributed by atoms with van der Waals surface area (Å²) in [6, 6.07) is 0.0881. The van der Waals surface area contributed by atoms with Gasteiger partial charge in [-0.1, -0.05) is 0 Å². The van der Waals surface area contributed by atoms with Gasteiger partial charge in [0, 0.05) is 19.0 Å². The van der Waals surface area contributed by atoms with Gasteiger partial charge < -0.3 is 4.74 Å². The number of nitrogens with two attached hydrogens (primary N) is 1. The molecular weight excluding hydrogens is 216 g/mol. The quantitative estimate of drug-likeness (QED) is 0.576. The van der Waals surface area contributed by atoms with Crippen molar-refractivity contribution in [3.8, 4) is 0 Å². The fourth-order valence-corrected chi connectivity index (χ4v) is 2.23. The molecule has 2 unspecified atom stereocenters. The minimum atomic E-state index is 0.0881. The van der Waals surface area contributed by atoms with Crippen LogP contribution in [-0.4, -0.2) is 22.7 Å². The molecular formula is C12H20N4O. The summed E-state index contributed by atoms with van der Waals surface area (Å²) in [5.41, 5.74) is 3.71. The van der Waals surface area contributed by atoms with Crippen LogP contribution in [0.1, 0.15) is 43.8 Å². The lowest BCUT2D eigenvalue weighted by atomic mass is 10.0. The molecule has 0 saturated carbocycles. The van der Waals surface area contributed by atoms with Crippen LogP contribution in [0.25, 0.3) is 0 Å². The molecule has 17 heavy (non-hydrogen) atoms. The first-order valence-electron chi connectivity index (χ1n) is 6.24. The number of nitrogens with zero attached hydrogens (tertiary/aromatic N) is 2. The minimum Gasteiger partial charge on any atom is -0.378 e. The number of hydrogen-bond acceptors (Lipinski definition) is 5. The second kappa shape index (κ2) is 6.64. The molecule has 0 aliphatic carbocycles. The molecule has 1 aromatic heterocycles. The Morgan fingerprint density at radius 3 is 3.12 bits per heavy atom. The zero-order chi connectivity index (χ0) is 11.9. The number of hydrazine groups is 1. The predicted octanol–water partition coefficient (Wildman–Crippen LogP) is 1.33. The fraction of sp³-hybridized carbons (Fsp3) is 0.667. The third-order valence-electron chi connectivity index (χ3n) is 3.18. The summed E-state index contributed by atoms with van der Waals surface area (Å²) in [5, 5.41) is 0. The maximum atomic E-state index is 5.59. The summed E-state index contributed by atoms with van der Waals surface area (Å²) in [5.74, 6) is 5.55. The second-order valence-corrected chi connectivity index (χ2v) is 4.42. The zero-order valence-electron chi connectivity index (χ0n) is 10.0. The largest absolute Gasteiger partial charge is 0.378 e. The third-order valence-corrected chi connectivity index (χ3v) is 3.18. The van der Waals surface area contributed by atoms with Crippen LogP contribution in [0.3, 0.4) is 0 Å². The fourth-order valence-electron chi connectivity index (χ4n) is 2.23. The molecule has 0 bridgehead atoms. The van der Waals surface area contributed by atoms with Crippen LogP contribution >= 0.6 is 0 Å². The number of nitrogens with one attached hydrogen (secondary N) is 1. The van der Waals surface area contributed by atoms with Crippen molar-refractivity contribution < 1.29 is 4.74 Å². The Hall–Kier alpha value is -1.04. The molecule has 1 saturated heterocycles. The van der Waals surface area contributed by atoms with E-state index in [1.165, 1.54) is 12.8 Å². The van der Waals surface area contributed by atoms with Gasteiger partial charge in [-0.3, -0.25) is 21.2 Å². The van der Waals surface area contributed by atoms with Crippen LogP contribution in [-0.2, 0) is 4.74 Å². The van der Waals surface area contributed by atoms with E-state index in [9.17, 15) is 0 Å². The van der Waals surface area contributed by atoms with Crippen LogP contribution in [0, 0.1) is 0 Å². The average molecular weight is 236 g/mol. The number of ether oxygens (including phenoxy) is 1. The van der Waals surface area contributed by atoms with E-state index in [1.54, 1.807) is 18.6 Å². The summed E-state index contributed by atoms with van der Waals surface area (Å²) in [6.45, 7) is 0.924. The van der Waals surface area contributed by atoms with E-state index in [2.05, 4.69) is 15.4 Å². The molecule has 3 N–H and O–H groups in total. The van der Waals surface area contributed by atoms with Crippen molar-refractivity contribution in [2.75, 3.05) is 6.61 Å². The van der Waals surface area contributed by atoms with Gasteiger partial charge in [-0.2, -0.15) is 0 Å². The normalized spacial score (nSPS) is 21.6. The molecule has 0 radical (unpaired) electrons. The van der Waals surface area contributed by atoms with Gasteiger partial charge >= 0.3 is 0 Å². The lowest BCUT2D eigenvalue weighted by Gasteiger charge is -2.16. The van der Waals surface area contributed by atoms with Crippen molar-refractivity contribution in [3.63, 3.8) is 0 Å². The Morgan fingerprint density at radius 2 is 2.47 bits per heavy atom. The van der Waals surface area contributed by atoms with Gasteiger partial charge in [-0.05, 0) is 32.1 Å². The molecule has 2 heterocycles. The van der Waals surface area contributed by atoms with Crippen molar-refractivity contribution >= 4 is 0 Å². The molecule has 1 aromatic rings. The molecule has 0 amide bonds. The van der Waals surface area contributed by atoms with Crippen LogP contribution in [0.15, 0.2) is 18.6 Å². The third kappa shape index (κ3) is 3.73. The first-order chi connectivity index (χ1) is 8.40. The SMILES string of the molecule is NNC(CCCC1CCCO1)c1cnccn1. The number of rotatable bonds is 6. The van der Waals surface area contributed by atoms with Gasteiger partial charge in [0.15, 0.2) is 0 Å². The molecule has 1 aliphatic rings. The van der Waals surface area contributed by atoms with Gasteiger partial charge in [0.1, 0.15) is 0 Å². The zero-order valence-corrected chi connectivity index (χ0v) is 10.0. The van der Waals surface area contributed by atoms with E-state index in [0.29, 0.717) is 6.10 Å². The van der Waals surface area contributed by atoms with Gasteiger partial charge in [0.25, 0.3) is 0 Å².